The van der Waals surface area contributed by atoms with Gasteiger partial charge in [0.1, 0.15) is 24.1 Å². The smallest absolute Gasteiger partial charge is 0.264 e. The molecule has 2 atom stereocenters. The van der Waals surface area contributed by atoms with Crippen LogP contribution in [0.25, 0.3) is 0 Å². The third-order valence-corrected chi connectivity index (χ3v) is 9.02. The number of carbonyl (C=O) groups is 2. The van der Waals surface area contributed by atoms with Crippen molar-refractivity contribution in [2.75, 3.05) is 25.1 Å². The lowest BCUT2D eigenvalue weighted by atomic mass is 10.1. The van der Waals surface area contributed by atoms with E-state index in [4.69, 9.17) is 21.1 Å². The summed E-state index contributed by atoms with van der Waals surface area (Å²) < 4.78 is 39.4. The molecule has 0 unspecified atom stereocenters. The van der Waals surface area contributed by atoms with E-state index in [0.29, 0.717) is 17.9 Å². The second kappa shape index (κ2) is 14.9. The van der Waals surface area contributed by atoms with E-state index in [0.717, 1.165) is 16.3 Å². The fraction of sp³-hybridized carbons (Fsp3) is 0.355. The summed E-state index contributed by atoms with van der Waals surface area (Å²) in [4.78, 5) is 29.0. The fourth-order valence-corrected chi connectivity index (χ4v) is 6.03. The van der Waals surface area contributed by atoms with Crippen molar-refractivity contribution in [1.29, 1.82) is 0 Å². The molecular formula is C31H38ClN3O6S. The highest BCUT2D eigenvalue weighted by Gasteiger charge is 2.34. The molecule has 0 bridgehead atoms. The predicted octanol–water partition coefficient (Wildman–Crippen LogP) is 5.27. The third-order valence-electron chi connectivity index (χ3n) is 6.93. The number of halogens is 1. The van der Waals surface area contributed by atoms with Gasteiger partial charge in [-0.2, -0.15) is 0 Å². The standard InChI is InChI=1S/C31H38ClN3O6S/c1-6-22(3)33-31(37)28(7-2)34(20-23-13-16-25(40-4)17-14-23)30(36)21-35(24-15-18-29(41-5)27(32)19-24)42(38,39)26-11-9-8-10-12-26/h8-19,22,28H,6-7,20-21H2,1-5H3,(H,33,37)/t22-,28-/m1/s1. The van der Waals surface area contributed by atoms with Crippen molar-refractivity contribution in [3.05, 3.63) is 83.4 Å². The van der Waals surface area contributed by atoms with Crippen LogP contribution in [0.4, 0.5) is 5.69 Å². The van der Waals surface area contributed by atoms with Gasteiger partial charge in [0.05, 0.1) is 29.8 Å². The highest BCUT2D eigenvalue weighted by molar-refractivity contribution is 7.92. The number of nitrogens with one attached hydrogen (secondary N) is 1. The van der Waals surface area contributed by atoms with Gasteiger partial charge in [0.15, 0.2) is 0 Å². The number of benzene rings is 3. The number of methoxy groups -OCH3 is 2. The van der Waals surface area contributed by atoms with Crippen molar-refractivity contribution >= 4 is 39.1 Å². The van der Waals surface area contributed by atoms with Gasteiger partial charge in [-0.15, -0.1) is 0 Å². The first-order chi connectivity index (χ1) is 20.0. The van der Waals surface area contributed by atoms with Gasteiger partial charge >= 0.3 is 0 Å². The minimum absolute atomic E-state index is 0.00741. The molecular weight excluding hydrogens is 578 g/mol. The van der Waals surface area contributed by atoms with Crippen LogP contribution in [0.1, 0.15) is 39.2 Å². The highest BCUT2D eigenvalue weighted by atomic mass is 35.5. The van der Waals surface area contributed by atoms with Crippen LogP contribution >= 0.6 is 11.6 Å². The Balaban J connectivity index is 2.08. The van der Waals surface area contributed by atoms with Gasteiger partial charge in [-0.05, 0) is 67.8 Å². The molecule has 0 fully saturated rings. The fourth-order valence-electron chi connectivity index (χ4n) is 4.35. The van der Waals surface area contributed by atoms with Crippen molar-refractivity contribution in [2.45, 2.75) is 57.1 Å². The maximum atomic E-state index is 14.2. The van der Waals surface area contributed by atoms with E-state index in [1.165, 1.54) is 36.3 Å². The molecule has 0 heterocycles. The van der Waals surface area contributed by atoms with Crippen LogP contribution < -0.4 is 19.1 Å². The predicted molar refractivity (Wildman–Crippen MR) is 164 cm³/mol. The number of anilines is 1. The van der Waals surface area contributed by atoms with Gasteiger partial charge in [0.25, 0.3) is 10.0 Å². The van der Waals surface area contributed by atoms with E-state index >= 15 is 0 Å². The van der Waals surface area contributed by atoms with Crippen molar-refractivity contribution in [2.24, 2.45) is 0 Å². The quantitative estimate of drug-likeness (QED) is 0.265. The molecule has 0 aliphatic rings. The normalized spacial score (nSPS) is 12.6. The molecule has 0 aliphatic carbocycles. The van der Waals surface area contributed by atoms with E-state index in [9.17, 15) is 18.0 Å². The summed E-state index contributed by atoms with van der Waals surface area (Å²) in [6.07, 6.45) is 1.04. The number of hydrogen-bond acceptors (Lipinski definition) is 6. The van der Waals surface area contributed by atoms with E-state index in [-0.39, 0.29) is 34.1 Å². The average molecular weight is 616 g/mol. The van der Waals surface area contributed by atoms with Gasteiger partial charge < -0.3 is 19.7 Å². The van der Waals surface area contributed by atoms with Crippen LogP contribution in [0.5, 0.6) is 11.5 Å². The van der Waals surface area contributed by atoms with Crippen LogP contribution in [0.2, 0.25) is 5.02 Å². The molecule has 2 amide bonds. The molecule has 11 heteroatoms. The number of rotatable bonds is 14. The summed E-state index contributed by atoms with van der Waals surface area (Å²) in [6.45, 7) is 5.18. The maximum Gasteiger partial charge on any atom is 0.264 e. The Kier molecular flexibility index (Phi) is 11.6. The van der Waals surface area contributed by atoms with Gasteiger partial charge in [-0.25, -0.2) is 8.42 Å². The number of hydrogen-bond donors (Lipinski definition) is 1. The van der Waals surface area contributed by atoms with Crippen LogP contribution in [-0.4, -0.2) is 58.0 Å². The van der Waals surface area contributed by atoms with Gasteiger partial charge in [0, 0.05) is 12.6 Å². The minimum atomic E-state index is -4.21. The first kappa shape index (κ1) is 32.8. The topological polar surface area (TPSA) is 105 Å². The van der Waals surface area contributed by atoms with E-state index in [1.807, 2.05) is 20.8 Å². The van der Waals surface area contributed by atoms with E-state index in [2.05, 4.69) is 5.32 Å². The van der Waals surface area contributed by atoms with Crippen molar-refractivity contribution in [1.82, 2.24) is 10.2 Å². The molecule has 0 saturated carbocycles. The second-order valence-corrected chi connectivity index (χ2v) is 12.0. The first-order valence-corrected chi connectivity index (χ1v) is 15.5. The minimum Gasteiger partial charge on any atom is -0.497 e. The summed E-state index contributed by atoms with van der Waals surface area (Å²) >= 11 is 6.37. The molecule has 0 saturated heterocycles. The highest BCUT2D eigenvalue weighted by Crippen LogP contribution is 2.32. The molecule has 3 rings (SSSR count). The Morgan fingerprint density at radius 3 is 2.14 bits per heavy atom. The molecule has 1 N–H and O–H groups in total. The van der Waals surface area contributed by atoms with Crippen LogP contribution in [0, 0.1) is 0 Å². The molecule has 226 valence electrons. The van der Waals surface area contributed by atoms with Crippen molar-refractivity contribution < 1.29 is 27.5 Å². The molecule has 9 nitrogen and oxygen atoms in total. The van der Waals surface area contributed by atoms with Gasteiger partial charge in [-0.3, -0.25) is 13.9 Å². The Morgan fingerprint density at radius 1 is 0.929 bits per heavy atom. The molecule has 42 heavy (non-hydrogen) atoms. The largest absolute Gasteiger partial charge is 0.497 e. The Morgan fingerprint density at radius 2 is 1.60 bits per heavy atom. The van der Waals surface area contributed by atoms with Crippen molar-refractivity contribution in [3.8, 4) is 11.5 Å². The molecule has 0 aliphatic heterocycles. The lowest BCUT2D eigenvalue weighted by molar-refractivity contribution is -0.140. The number of ether oxygens (including phenoxy) is 2. The molecule has 0 aromatic heterocycles. The average Bonchev–Trinajstić information content (AvgIpc) is 3.00. The molecule has 0 radical (unpaired) electrons. The lowest BCUT2D eigenvalue weighted by Gasteiger charge is -2.33. The molecule has 0 spiro atoms. The SMILES string of the molecule is CC[C@@H](C)NC(=O)[C@@H](CC)N(Cc1ccc(OC)cc1)C(=O)CN(c1ccc(OC)c(Cl)c1)S(=O)(=O)c1ccccc1. The number of sulfonamides is 1. The van der Waals surface area contributed by atoms with Gasteiger partial charge in [0.2, 0.25) is 11.8 Å². The zero-order valence-electron chi connectivity index (χ0n) is 24.5. The van der Waals surface area contributed by atoms with Crippen LogP contribution in [0.15, 0.2) is 77.7 Å². The Labute approximate surface area is 253 Å². The zero-order chi connectivity index (χ0) is 30.9. The number of amides is 2. The Hall–Kier alpha value is -3.76. The third kappa shape index (κ3) is 7.95. The maximum absolute atomic E-state index is 14.2. The zero-order valence-corrected chi connectivity index (χ0v) is 26.1. The lowest BCUT2D eigenvalue weighted by Crippen LogP contribution is -2.53. The van der Waals surface area contributed by atoms with E-state index in [1.54, 1.807) is 55.6 Å². The molecule has 3 aromatic rings. The molecule has 3 aromatic carbocycles. The van der Waals surface area contributed by atoms with Crippen LogP contribution in [0.3, 0.4) is 0 Å². The summed E-state index contributed by atoms with van der Waals surface area (Å²) in [6, 6.07) is 18.6. The Bertz CT molecular complexity index is 1450. The summed E-state index contributed by atoms with van der Waals surface area (Å²) in [5.41, 5.74) is 0.934. The second-order valence-electron chi connectivity index (χ2n) is 9.76. The summed E-state index contributed by atoms with van der Waals surface area (Å²) in [7, 11) is -1.19. The monoisotopic (exact) mass is 615 g/mol. The van der Waals surface area contributed by atoms with Gasteiger partial charge in [-0.1, -0.05) is 55.8 Å². The summed E-state index contributed by atoms with van der Waals surface area (Å²) in [5, 5.41) is 3.15. The number of carbonyl (C=O) groups excluding carboxylic acids is 2. The van der Waals surface area contributed by atoms with E-state index < -0.39 is 28.5 Å². The van der Waals surface area contributed by atoms with Crippen LogP contribution in [-0.2, 0) is 26.2 Å². The van der Waals surface area contributed by atoms with Crippen molar-refractivity contribution in [3.63, 3.8) is 0 Å². The summed E-state index contributed by atoms with van der Waals surface area (Å²) in [5.74, 6) is 0.148. The number of nitrogens with zero attached hydrogens (tertiary/aromatic N) is 2. The first-order valence-electron chi connectivity index (χ1n) is 13.7.